The molecule has 1 aromatic rings. The number of rotatable bonds is 12. The molecule has 0 aromatic heterocycles. The van der Waals surface area contributed by atoms with Crippen molar-refractivity contribution in [1.29, 1.82) is 5.26 Å². The van der Waals surface area contributed by atoms with Crippen molar-refractivity contribution >= 4 is 23.8 Å². The molecule has 2 atom stereocenters. The largest absolute Gasteiger partial charge is 0.444 e. The fraction of sp³-hybridized carbons (Fsp3) is 0.577. The van der Waals surface area contributed by atoms with E-state index in [1.807, 2.05) is 32.9 Å². The molecule has 2 unspecified atom stereocenters. The Labute approximate surface area is 213 Å². The van der Waals surface area contributed by atoms with Gasteiger partial charge in [0.2, 0.25) is 17.7 Å². The molecule has 0 aliphatic heterocycles. The number of amides is 4. The predicted octanol–water partition coefficient (Wildman–Crippen LogP) is 2.77. The maximum atomic E-state index is 13.8. The van der Waals surface area contributed by atoms with E-state index in [9.17, 15) is 24.4 Å². The molecule has 36 heavy (non-hydrogen) atoms. The number of carbonyl (C=O) groups excluding carboxylic acids is 4. The molecule has 10 nitrogen and oxygen atoms in total. The third-order valence-electron chi connectivity index (χ3n) is 5.52. The van der Waals surface area contributed by atoms with Crippen LogP contribution >= 0.6 is 0 Å². The zero-order valence-electron chi connectivity index (χ0n) is 22.1. The Kier molecular flexibility index (Phi) is 11.9. The fourth-order valence-corrected chi connectivity index (χ4v) is 3.57. The lowest BCUT2D eigenvalue weighted by Crippen LogP contribution is -2.53. The zero-order chi connectivity index (χ0) is 27.5. The molecular formula is C26H39N5O5. The first-order chi connectivity index (χ1) is 16.8. The van der Waals surface area contributed by atoms with Gasteiger partial charge in [0.25, 0.3) is 0 Å². The molecular weight excluding hydrogens is 462 g/mol. The summed E-state index contributed by atoms with van der Waals surface area (Å²) in [5, 5.41) is 14.9. The average Bonchev–Trinajstić information content (AvgIpc) is 2.77. The quantitative estimate of drug-likeness (QED) is 0.295. The van der Waals surface area contributed by atoms with Crippen LogP contribution in [0.25, 0.3) is 0 Å². The lowest BCUT2D eigenvalue weighted by Gasteiger charge is -2.33. The molecule has 0 bridgehead atoms. The molecule has 0 radical (unpaired) electrons. The molecule has 4 N–H and O–H groups in total. The van der Waals surface area contributed by atoms with Gasteiger partial charge >= 0.3 is 6.09 Å². The number of primary amides is 1. The van der Waals surface area contributed by atoms with Crippen molar-refractivity contribution in [3.05, 3.63) is 34.9 Å². The molecule has 0 aliphatic carbocycles. The lowest BCUT2D eigenvalue weighted by atomic mass is 9.94. The maximum absolute atomic E-state index is 13.8. The maximum Gasteiger partial charge on any atom is 0.408 e. The van der Waals surface area contributed by atoms with Crippen LogP contribution in [0.3, 0.4) is 0 Å². The second kappa shape index (κ2) is 14.1. The van der Waals surface area contributed by atoms with Gasteiger partial charge in [-0.1, -0.05) is 31.5 Å². The number of alkyl carbamates (subject to hydrolysis) is 1. The molecule has 0 aliphatic rings. The molecule has 198 valence electrons. The Hall–Kier alpha value is -3.61. The smallest absolute Gasteiger partial charge is 0.408 e. The molecule has 10 heteroatoms. The zero-order valence-corrected chi connectivity index (χ0v) is 22.1. The highest BCUT2D eigenvalue weighted by Crippen LogP contribution is 2.27. The summed E-state index contributed by atoms with van der Waals surface area (Å²) >= 11 is 0. The Morgan fingerprint density at radius 3 is 2.42 bits per heavy atom. The molecule has 1 aromatic carbocycles. The minimum Gasteiger partial charge on any atom is -0.444 e. The third kappa shape index (κ3) is 9.56. The standard InChI is InChI=1S/C26H39N5O5/c1-7-8-15-29-23(33)22(19-11-9-10-17(2)18(19)3)31(16-14-27)24(34)20(12-13-21(28)32)30-25(35)36-26(4,5)6/h9-11,20,22H,7-8,12-13,15-16H2,1-6H3,(H2,28,32)(H,29,33)(H,30,35). The van der Waals surface area contributed by atoms with Crippen LogP contribution in [0.4, 0.5) is 4.79 Å². The van der Waals surface area contributed by atoms with Crippen molar-refractivity contribution in [3.8, 4) is 6.07 Å². The van der Waals surface area contributed by atoms with Gasteiger partial charge in [-0.2, -0.15) is 5.26 Å². The summed E-state index contributed by atoms with van der Waals surface area (Å²) < 4.78 is 5.28. The highest BCUT2D eigenvalue weighted by Gasteiger charge is 2.37. The summed E-state index contributed by atoms with van der Waals surface area (Å²) in [6.45, 7) is 10.7. The van der Waals surface area contributed by atoms with E-state index < -0.39 is 48.0 Å². The molecule has 4 amide bonds. The second-order valence-electron chi connectivity index (χ2n) is 9.66. The number of ether oxygens (including phenoxy) is 1. The number of nitrogens with two attached hydrogens (primary N) is 1. The van der Waals surface area contributed by atoms with Gasteiger partial charge in [0.15, 0.2) is 0 Å². The van der Waals surface area contributed by atoms with Crippen molar-refractivity contribution in [2.45, 2.75) is 84.9 Å². The highest BCUT2D eigenvalue weighted by molar-refractivity contribution is 5.92. The Morgan fingerprint density at radius 1 is 1.19 bits per heavy atom. The molecule has 0 heterocycles. The van der Waals surface area contributed by atoms with Gasteiger partial charge in [-0.05, 0) is 64.2 Å². The molecule has 0 fully saturated rings. The van der Waals surface area contributed by atoms with Gasteiger partial charge < -0.3 is 26.0 Å². The van der Waals surface area contributed by atoms with Gasteiger partial charge in [0.1, 0.15) is 24.2 Å². The van der Waals surface area contributed by atoms with E-state index >= 15 is 0 Å². The molecule has 0 saturated heterocycles. The molecule has 0 saturated carbocycles. The first-order valence-electron chi connectivity index (χ1n) is 12.1. The number of unbranched alkanes of at least 4 members (excludes halogenated alkanes) is 1. The summed E-state index contributed by atoms with van der Waals surface area (Å²) in [7, 11) is 0. The van der Waals surface area contributed by atoms with Crippen molar-refractivity contribution in [3.63, 3.8) is 0 Å². The fourth-order valence-electron chi connectivity index (χ4n) is 3.57. The van der Waals surface area contributed by atoms with Crippen LogP contribution in [0.2, 0.25) is 0 Å². The van der Waals surface area contributed by atoms with Crippen molar-refractivity contribution in [2.24, 2.45) is 5.73 Å². The normalized spacial score (nSPS) is 12.6. The van der Waals surface area contributed by atoms with E-state index in [0.717, 1.165) is 28.9 Å². The summed E-state index contributed by atoms with van der Waals surface area (Å²) in [4.78, 5) is 52.2. The van der Waals surface area contributed by atoms with Gasteiger partial charge in [0.05, 0.1) is 6.07 Å². The van der Waals surface area contributed by atoms with Crippen LogP contribution in [0.1, 0.15) is 76.1 Å². The Morgan fingerprint density at radius 2 is 1.86 bits per heavy atom. The number of aryl methyl sites for hydroxylation is 1. The number of hydrogen-bond acceptors (Lipinski definition) is 6. The summed E-state index contributed by atoms with van der Waals surface area (Å²) in [5.74, 6) is -1.79. The third-order valence-corrected chi connectivity index (χ3v) is 5.52. The van der Waals surface area contributed by atoms with E-state index in [1.54, 1.807) is 32.9 Å². The van der Waals surface area contributed by atoms with Crippen LogP contribution in [-0.2, 0) is 19.1 Å². The highest BCUT2D eigenvalue weighted by atomic mass is 16.6. The number of nitrogens with zero attached hydrogens (tertiary/aromatic N) is 2. The van der Waals surface area contributed by atoms with Crippen molar-refractivity contribution in [2.75, 3.05) is 13.1 Å². The Bertz CT molecular complexity index is 980. The van der Waals surface area contributed by atoms with Crippen molar-refractivity contribution in [1.82, 2.24) is 15.5 Å². The van der Waals surface area contributed by atoms with E-state index in [-0.39, 0.29) is 12.8 Å². The number of nitriles is 1. The van der Waals surface area contributed by atoms with Crippen LogP contribution in [0.5, 0.6) is 0 Å². The average molecular weight is 502 g/mol. The van der Waals surface area contributed by atoms with E-state index in [2.05, 4.69) is 10.6 Å². The lowest BCUT2D eigenvalue weighted by molar-refractivity contribution is -0.142. The van der Waals surface area contributed by atoms with Gasteiger partial charge in [-0.3, -0.25) is 14.4 Å². The number of nitrogens with one attached hydrogen (secondary N) is 2. The number of hydrogen-bond donors (Lipinski definition) is 3. The topological polar surface area (TPSA) is 155 Å². The van der Waals surface area contributed by atoms with Crippen LogP contribution in [0, 0.1) is 25.2 Å². The van der Waals surface area contributed by atoms with Crippen molar-refractivity contribution < 1.29 is 23.9 Å². The minimum atomic E-state index is -1.24. The van der Waals surface area contributed by atoms with Crippen LogP contribution in [0.15, 0.2) is 18.2 Å². The van der Waals surface area contributed by atoms with Crippen LogP contribution < -0.4 is 16.4 Å². The van der Waals surface area contributed by atoms with Gasteiger partial charge in [-0.15, -0.1) is 0 Å². The van der Waals surface area contributed by atoms with E-state index in [4.69, 9.17) is 10.5 Å². The molecule has 0 spiro atoms. The minimum absolute atomic E-state index is 0.119. The van der Waals surface area contributed by atoms with Gasteiger partial charge in [0, 0.05) is 13.0 Å². The SMILES string of the molecule is CCCCNC(=O)C(c1cccc(C)c1C)N(CC#N)C(=O)C(CCC(N)=O)NC(=O)OC(C)(C)C. The van der Waals surface area contributed by atoms with E-state index in [1.165, 1.54) is 0 Å². The van der Waals surface area contributed by atoms with Gasteiger partial charge in [-0.25, -0.2) is 4.79 Å². The summed E-state index contributed by atoms with van der Waals surface area (Å²) in [5.41, 5.74) is 6.75. The number of carbonyl (C=O) groups is 4. The molecule has 1 rings (SSSR count). The monoisotopic (exact) mass is 501 g/mol. The van der Waals surface area contributed by atoms with E-state index in [0.29, 0.717) is 12.1 Å². The first kappa shape index (κ1) is 30.4. The summed E-state index contributed by atoms with van der Waals surface area (Å²) in [6.07, 6.45) is 0.441. The second-order valence-corrected chi connectivity index (χ2v) is 9.66. The first-order valence-corrected chi connectivity index (χ1v) is 12.1. The Balaban J connectivity index is 3.49. The predicted molar refractivity (Wildman–Crippen MR) is 135 cm³/mol. The number of benzene rings is 1. The summed E-state index contributed by atoms with van der Waals surface area (Å²) in [6, 6.07) is 5.01. The van der Waals surface area contributed by atoms with Crippen LogP contribution in [-0.4, -0.2) is 53.4 Å².